The lowest BCUT2D eigenvalue weighted by molar-refractivity contribution is 0.0676. The van der Waals surface area contributed by atoms with Gasteiger partial charge in [0.1, 0.15) is 17.5 Å². The second-order valence-corrected chi connectivity index (χ2v) is 7.13. The molecule has 0 N–H and O–H groups in total. The van der Waals surface area contributed by atoms with Crippen LogP contribution in [-0.4, -0.2) is 43.6 Å². The quantitative estimate of drug-likeness (QED) is 0.844. The van der Waals surface area contributed by atoms with Crippen molar-refractivity contribution in [2.24, 2.45) is 0 Å². The van der Waals surface area contributed by atoms with Crippen LogP contribution >= 0.6 is 11.3 Å². The van der Waals surface area contributed by atoms with Crippen LogP contribution in [0.2, 0.25) is 0 Å². The highest BCUT2D eigenvalue weighted by atomic mass is 32.1. The zero-order valence-corrected chi connectivity index (χ0v) is 14.6. The van der Waals surface area contributed by atoms with Gasteiger partial charge in [0, 0.05) is 13.1 Å². The van der Waals surface area contributed by atoms with Gasteiger partial charge in [0.05, 0.1) is 16.7 Å². The zero-order valence-electron chi connectivity index (χ0n) is 13.7. The maximum absolute atomic E-state index is 12.9. The summed E-state index contributed by atoms with van der Waals surface area (Å²) in [5.74, 6) is 0.118. The molecule has 6 nitrogen and oxygen atoms in total. The first kappa shape index (κ1) is 16.1. The molecule has 1 atom stereocenters. The summed E-state index contributed by atoms with van der Waals surface area (Å²) >= 11 is 1.56. The van der Waals surface area contributed by atoms with E-state index >= 15 is 0 Å². The Balaban J connectivity index is 1.71. The third-order valence-electron chi connectivity index (χ3n) is 4.27. The van der Waals surface area contributed by atoms with Gasteiger partial charge in [-0.1, -0.05) is 13.3 Å². The molecule has 1 fully saturated rings. The molecule has 0 bridgehead atoms. The number of nitrogens with zero attached hydrogens (tertiary/aromatic N) is 5. The maximum Gasteiger partial charge on any atom is 0.265 e. The summed E-state index contributed by atoms with van der Waals surface area (Å²) < 4.78 is 1.87. The average Bonchev–Trinajstić information content (AvgIpc) is 3.22. The summed E-state index contributed by atoms with van der Waals surface area (Å²) in [4.78, 5) is 24.2. The predicted octanol–water partition coefficient (Wildman–Crippen LogP) is 2.86. The Kier molecular flexibility index (Phi) is 5.05. The fraction of sp³-hybridized carbons (Fsp3) is 0.625. The summed E-state index contributed by atoms with van der Waals surface area (Å²) in [6, 6.07) is 0.225. The van der Waals surface area contributed by atoms with Crippen molar-refractivity contribution in [3.63, 3.8) is 0 Å². The number of amides is 1. The van der Waals surface area contributed by atoms with Crippen molar-refractivity contribution in [3.05, 3.63) is 28.2 Å². The van der Waals surface area contributed by atoms with Crippen molar-refractivity contribution in [3.8, 4) is 0 Å². The van der Waals surface area contributed by atoms with E-state index in [-0.39, 0.29) is 11.9 Å². The first-order valence-electron chi connectivity index (χ1n) is 8.28. The third kappa shape index (κ3) is 3.60. The third-order valence-corrected chi connectivity index (χ3v) is 5.48. The molecule has 1 aliphatic rings. The van der Waals surface area contributed by atoms with Crippen molar-refractivity contribution in [2.45, 2.75) is 52.0 Å². The van der Waals surface area contributed by atoms with Gasteiger partial charge in [0.2, 0.25) is 0 Å². The Morgan fingerprint density at radius 3 is 3.09 bits per heavy atom. The number of hydrogen-bond acceptors (Lipinski definition) is 5. The van der Waals surface area contributed by atoms with Crippen LogP contribution in [0, 0.1) is 6.92 Å². The Bertz CT molecular complexity index is 651. The van der Waals surface area contributed by atoms with Crippen molar-refractivity contribution in [1.82, 2.24) is 24.6 Å². The molecule has 1 amide bonds. The van der Waals surface area contributed by atoms with Gasteiger partial charge in [0.25, 0.3) is 5.91 Å². The Hall–Kier alpha value is -1.76. The number of carbonyl (C=O) groups excluding carboxylic acids is 1. The number of aryl methyl sites for hydroxylation is 2. The van der Waals surface area contributed by atoms with E-state index in [1.807, 2.05) is 16.5 Å². The number of likely N-dealkylation sites (tertiary alicyclic amines) is 1. The number of rotatable bonds is 5. The molecule has 124 valence electrons. The lowest BCUT2D eigenvalue weighted by Crippen LogP contribution is -2.40. The van der Waals surface area contributed by atoms with E-state index in [1.54, 1.807) is 24.0 Å². The monoisotopic (exact) mass is 333 g/mol. The number of aromatic nitrogens is 4. The number of carbonyl (C=O) groups is 1. The van der Waals surface area contributed by atoms with E-state index in [2.05, 4.69) is 22.0 Å². The SMILES string of the molecule is CCCCc1nc(C)c(C(=O)N2CCC[C@H](n3cncn3)C2)s1. The van der Waals surface area contributed by atoms with E-state index in [4.69, 9.17) is 0 Å². The second-order valence-electron chi connectivity index (χ2n) is 6.05. The van der Waals surface area contributed by atoms with Crippen LogP contribution in [0.25, 0.3) is 0 Å². The van der Waals surface area contributed by atoms with Gasteiger partial charge in [-0.25, -0.2) is 14.6 Å². The zero-order chi connectivity index (χ0) is 16.2. The smallest absolute Gasteiger partial charge is 0.265 e. The van der Waals surface area contributed by atoms with Crippen LogP contribution in [0.3, 0.4) is 0 Å². The minimum atomic E-state index is 0.118. The molecule has 0 radical (unpaired) electrons. The van der Waals surface area contributed by atoms with Gasteiger partial charge in [0.15, 0.2) is 0 Å². The minimum Gasteiger partial charge on any atom is -0.336 e. The number of piperidine rings is 1. The topological polar surface area (TPSA) is 63.9 Å². The fourth-order valence-corrected chi connectivity index (χ4v) is 4.06. The Morgan fingerprint density at radius 2 is 2.35 bits per heavy atom. The van der Waals surface area contributed by atoms with Crippen LogP contribution in [-0.2, 0) is 6.42 Å². The highest BCUT2D eigenvalue weighted by Crippen LogP contribution is 2.26. The van der Waals surface area contributed by atoms with E-state index < -0.39 is 0 Å². The van der Waals surface area contributed by atoms with Crippen LogP contribution in [0.1, 0.15) is 59.0 Å². The molecule has 2 aromatic rings. The molecule has 3 heterocycles. The molecule has 0 spiro atoms. The Labute approximate surface area is 140 Å². The molecule has 3 rings (SSSR count). The van der Waals surface area contributed by atoms with Crippen molar-refractivity contribution in [1.29, 1.82) is 0 Å². The molecule has 0 aromatic carbocycles. The summed E-state index contributed by atoms with van der Waals surface area (Å²) in [5, 5.41) is 5.30. The van der Waals surface area contributed by atoms with Gasteiger partial charge < -0.3 is 4.90 Å². The molecule has 0 unspecified atom stereocenters. The molecule has 2 aromatic heterocycles. The van der Waals surface area contributed by atoms with Crippen LogP contribution < -0.4 is 0 Å². The highest BCUT2D eigenvalue weighted by molar-refractivity contribution is 7.13. The average molecular weight is 333 g/mol. The first-order valence-corrected chi connectivity index (χ1v) is 9.10. The van der Waals surface area contributed by atoms with Gasteiger partial charge in [-0.2, -0.15) is 5.10 Å². The molecule has 23 heavy (non-hydrogen) atoms. The van der Waals surface area contributed by atoms with Gasteiger partial charge in [-0.05, 0) is 32.6 Å². The second kappa shape index (κ2) is 7.21. The number of unbranched alkanes of at least 4 members (excludes halogenated alkanes) is 1. The number of thiazole rings is 1. The molecular formula is C16H23N5OS. The van der Waals surface area contributed by atoms with Crippen LogP contribution in [0.4, 0.5) is 0 Å². The molecule has 7 heteroatoms. The maximum atomic E-state index is 12.9. The largest absolute Gasteiger partial charge is 0.336 e. The first-order chi connectivity index (χ1) is 11.2. The van der Waals surface area contributed by atoms with Crippen LogP contribution in [0.15, 0.2) is 12.7 Å². The van der Waals surface area contributed by atoms with E-state index in [9.17, 15) is 4.79 Å². The Morgan fingerprint density at radius 1 is 1.48 bits per heavy atom. The van der Waals surface area contributed by atoms with Crippen LogP contribution in [0.5, 0.6) is 0 Å². The minimum absolute atomic E-state index is 0.118. The molecule has 0 saturated carbocycles. The molecule has 0 aliphatic carbocycles. The fourth-order valence-electron chi connectivity index (χ4n) is 2.99. The summed E-state index contributed by atoms with van der Waals surface area (Å²) in [6.45, 7) is 5.62. The van der Waals surface area contributed by atoms with E-state index in [0.717, 1.165) is 54.2 Å². The lowest BCUT2D eigenvalue weighted by atomic mass is 10.1. The van der Waals surface area contributed by atoms with Gasteiger partial charge in [-0.15, -0.1) is 11.3 Å². The van der Waals surface area contributed by atoms with Crippen molar-refractivity contribution >= 4 is 17.2 Å². The summed E-state index contributed by atoms with van der Waals surface area (Å²) in [6.07, 6.45) is 8.56. The normalized spacial score (nSPS) is 18.3. The highest BCUT2D eigenvalue weighted by Gasteiger charge is 2.28. The standard InChI is InChI=1S/C16H23N5OS/c1-3-4-7-14-19-12(2)15(23-14)16(22)20-8-5-6-13(9-20)21-11-17-10-18-21/h10-11,13H,3-9H2,1-2H3/t13-/m0/s1. The van der Waals surface area contributed by atoms with E-state index in [1.165, 1.54) is 0 Å². The van der Waals surface area contributed by atoms with Crippen molar-refractivity contribution < 1.29 is 4.79 Å². The van der Waals surface area contributed by atoms with Crippen molar-refractivity contribution in [2.75, 3.05) is 13.1 Å². The molecule has 1 saturated heterocycles. The summed E-state index contributed by atoms with van der Waals surface area (Å²) in [5.41, 5.74) is 0.869. The van der Waals surface area contributed by atoms with Gasteiger partial charge in [-0.3, -0.25) is 4.79 Å². The predicted molar refractivity (Wildman–Crippen MR) is 89.7 cm³/mol. The molecule has 1 aliphatic heterocycles. The summed E-state index contributed by atoms with van der Waals surface area (Å²) in [7, 11) is 0. The molecular weight excluding hydrogens is 310 g/mol. The number of hydrogen-bond donors (Lipinski definition) is 0. The lowest BCUT2D eigenvalue weighted by Gasteiger charge is -2.32. The van der Waals surface area contributed by atoms with E-state index in [0.29, 0.717) is 6.54 Å². The van der Waals surface area contributed by atoms with Gasteiger partial charge >= 0.3 is 0 Å².